The highest BCUT2D eigenvalue weighted by Gasteiger charge is 2.18. The van der Waals surface area contributed by atoms with Crippen LogP contribution >= 0.6 is 23.4 Å². The molecular weight excluding hydrogens is 236 g/mol. The van der Waals surface area contributed by atoms with E-state index < -0.39 is 0 Å². The van der Waals surface area contributed by atoms with Crippen molar-refractivity contribution < 1.29 is 9.59 Å². The Balaban J connectivity index is 2.36. The Kier molecular flexibility index (Phi) is 2.93. The average molecular weight is 243 g/mol. The number of Topliss-reactive ketones (excluding diaryl/α,β-unsaturated/α-hetero) is 1. The second kappa shape index (κ2) is 4.20. The van der Waals surface area contributed by atoms with Crippen LogP contribution in [0.25, 0.3) is 0 Å². The van der Waals surface area contributed by atoms with Crippen molar-refractivity contribution in [2.24, 2.45) is 0 Å². The number of ketones is 1. The number of alkyl halides is 1. The molecule has 2 heterocycles. The number of hydrogen-bond donors (Lipinski definition) is 1. The number of hydrogen-bond acceptors (Lipinski definition) is 4. The molecule has 78 valence electrons. The molecule has 1 amide bonds. The first-order valence-electron chi connectivity index (χ1n) is 4.23. The third-order valence-corrected chi connectivity index (χ3v) is 3.17. The van der Waals surface area contributed by atoms with Crippen LogP contribution in [0.4, 0.5) is 5.82 Å². The van der Waals surface area contributed by atoms with E-state index in [0.29, 0.717) is 11.6 Å². The first kappa shape index (κ1) is 10.4. The third-order valence-electron chi connectivity index (χ3n) is 1.88. The van der Waals surface area contributed by atoms with Crippen molar-refractivity contribution in [1.29, 1.82) is 0 Å². The minimum atomic E-state index is -0.246. The van der Waals surface area contributed by atoms with Gasteiger partial charge in [0.1, 0.15) is 11.5 Å². The van der Waals surface area contributed by atoms with Crippen molar-refractivity contribution >= 4 is 40.9 Å². The van der Waals surface area contributed by atoms with E-state index in [1.165, 1.54) is 11.8 Å². The maximum Gasteiger partial charge on any atom is 0.235 e. The van der Waals surface area contributed by atoms with Crippen molar-refractivity contribution in [3.63, 3.8) is 0 Å². The molecule has 1 aliphatic heterocycles. The van der Waals surface area contributed by atoms with Gasteiger partial charge in [-0.25, -0.2) is 4.98 Å². The molecule has 0 atom stereocenters. The van der Waals surface area contributed by atoms with E-state index in [-0.39, 0.29) is 23.3 Å². The molecule has 0 aliphatic carbocycles. The summed E-state index contributed by atoms with van der Waals surface area (Å²) in [5.74, 6) is 0.386. The van der Waals surface area contributed by atoms with Crippen molar-refractivity contribution in [2.75, 3.05) is 16.9 Å². The molecule has 0 aromatic carbocycles. The largest absolute Gasteiger partial charge is 0.309 e. The lowest BCUT2D eigenvalue weighted by Gasteiger charge is -2.15. The molecule has 0 radical (unpaired) electrons. The summed E-state index contributed by atoms with van der Waals surface area (Å²) in [6.45, 7) is 0. The fraction of sp³-hybridized carbons (Fsp3) is 0.222. The van der Waals surface area contributed by atoms with Gasteiger partial charge in [0.2, 0.25) is 5.91 Å². The van der Waals surface area contributed by atoms with E-state index in [4.69, 9.17) is 11.6 Å². The molecule has 15 heavy (non-hydrogen) atoms. The van der Waals surface area contributed by atoms with Gasteiger partial charge in [-0.1, -0.05) is 0 Å². The number of aromatic nitrogens is 1. The van der Waals surface area contributed by atoms with Crippen LogP contribution in [-0.4, -0.2) is 28.3 Å². The predicted octanol–water partition coefficient (Wildman–Crippen LogP) is 1.55. The van der Waals surface area contributed by atoms with Gasteiger partial charge in [0.05, 0.1) is 16.5 Å². The lowest BCUT2D eigenvalue weighted by atomic mass is 10.2. The average Bonchev–Trinajstić information content (AvgIpc) is 2.27. The summed E-state index contributed by atoms with van der Waals surface area (Å²) in [6, 6.07) is 3.39. The van der Waals surface area contributed by atoms with E-state index in [2.05, 4.69) is 10.3 Å². The molecule has 1 aliphatic rings. The fourth-order valence-corrected chi connectivity index (χ4v) is 2.08. The number of pyridine rings is 1. The Morgan fingerprint density at radius 3 is 3.13 bits per heavy atom. The summed E-state index contributed by atoms with van der Waals surface area (Å²) in [4.78, 5) is 27.3. The van der Waals surface area contributed by atoms with Gasteiger partial charge in [-0.2, -0.15) is 0 Å². The predicted molar refractivity (Wildman–Crippen MR) is 58.6 cm³/mol. The second-order valence-corrected chi connectivity index (χ2v) is 4.22. The van der Waals surface area contributed by atoms with Gasteiger partial charge in [-0.15, -0.1) is 23.4 Å². The zero-order chi connectivity index (χ0) is 10.8. The summed E-state index contributed by atoms with van der Waals surface area (Å²) in [7, 11) is 0. The number of nitrogens with zero attached hydrogens (tertiary/aromatic N) is 1. The number of amides is 1. The lowest BCUT2D eigenvalue weighted by Crippen LogP contribution is -2.20. The Hall–Kier alpha value is -1.07. The number of carbonyl (C=O) groups is 2. The number of halogens is 1. The van der Waals surface area contributed by atoms with Crippen molar-refractivity contribution in [1.82, 2.24) is 4.98 Å². The second-order valence-electron chi connectivity index (χ2n) is 2.94. The molecule has 1 aromatic rings. The Labute approximate surface area is 95.4 Å². The first-order valence-corrected chi connectivity index (χ1v) is 5.75. The van der Waals surface area contributed by atoms with Crippen LogP contribution in [0.1, 0.15) is 10.5 Å². The van der Waals surface area contributed by atoms with Crippen LogP contribution in [-0.2, 0) is 4.79 Å². The molecule has 1 N–H and O–H groups in total. The molecular formula is C9H7ClN2O2S. The summed E-state index contributed by atoms with van der Waals surface area (Å²) in [5, 5.41) is 2.61. The smallest absolute Gasteiger partial charge is 0.235 e. The SMILES string of the molecule is O=C1CSc2ccc(C(=O)CCl)nc2N1. The Bertz CT molecular complexity index is 436. The summed E-state index contributed by atoms with van der Waals surface area (Å²) in [6.07, 6.45) is 0. The summed E-state index contributed by atoms with van der Waals surface area (Å²) in [5.41, 5.74) is 0.284. The molecule has 0 bridgehead atoms. The van der Waals surface area contributed by atoms with Gasteiger partial charge < -0.3 is 5.32 Å². The number of nitrogens with one attached hydrogen (secondary N) is 1. The summed E-state index contributed by atoms with van der Waals surface area (Å²) >= 11 is 6.82. The standard InChI is InChI=1S/C9H7ClN2O2S/c10-3-6(13)5-1-2-7-9(11-5)12-8(14)4-15-7/h1-2H,3-4H2,(H,11,12,14). The maximum atomic E-state index is 11.3. The monoisotopic (exact) mass is 242 g/mol. The highest BCUT2D eigenvalue weighted by atomic mass is 35.5. The van der Waals surface area contributed by atoms with Crippen LogP contribution in [0.2, 0.25) is 0 Å². The third kappa shape index (κ3) is 2.13. The van der Waals surface area contributed by atoms with Gasteiger partial charge in [0.15, 0.2) is 5.78 Å². The van der Waals surface area contributed by atoms with Crippen molar-refractivity contribution in [2.45, 2.75) is 4.90 Å². The molecule has 0 saturated heterocycles. The van der Waals surface area contributed by atoms with E-state index in [9.17, 15) is 9.59 Å². The van der Waals surface area contributed by atoms with Gasteiger partial charge >= 0.3 is 0 Å². The van der Waals surface area contributed by atoms with Crippen molar-refractivity contribution in [3.05, 3.63) is 17.8 Å². The van der Waals surface area contributed by atoms with E-state index >= 15 is 0 Å². The molecule has 0 unspecified atom stereocenters. The van der Waals surface area contributed by atoms with Crippen LogP contribution in [0, 0.1) is 0 Å². The number of anilines is 1. The van der Waals surface area contributed by atoms with Crippen LogP contribution < -0.4 is 5.32 Å². The van der Waals surface area contributed by atoms with Crippen molar-refractivity contribution in [3.8, 4) is 0 Å². The lowest BCUT2D eigenvalue weighted by molar-refractivity contribution is -0.113. The quantitative estimate of drug-likeness (QED) is 0.632. The fourth-order valence-electron chi connectivity index (χ4n) is 1.19. The van der Waals surface area contributed by atoms with Gasteiger partial charge in [-0.05, 0) is 12.1 Å². The minimum Gasteiger partial charge on any atom is -0.309 e. The zero-order valence-corrected chi connectivity index (χ0v) is 9.19. The number of carbonyl (C=O) groups excluding carboxylic acids is 2. The number of rotatable bonds is 2. The van der Waals surface area contributed by atoms with Gasteiger partial charge in [0, 0.05) is 0 Å². The highest BCUT2D eigenvalue weighted by Crippen LogP contribution is 2.29. The van der Waals surface area contributed by atoms with E-state index in [1.54, 1.807) is 12.1 Å². The van der Waals surface area contributed by atoms with Gasteiger partial charge in [0.25, 0.3) is 0 Å². The topological polar surface area (TPSA) is 59.1 Å². The van der Waals surface area contributed by atoms with Gasteiger partial charge in [-0.3, -0.25) is 9.59 Å². The van der Waals surface area contributed by atoms with E-state index in [0.717, 1.165) is 4.90 Å². The van der Waals surface area contributed by atoms with Crippen LogP contribution in [0.5, 0.6) is 0 Å². The zero-order valence-electron chi connectivity index (χ0n) is 7.62. The maximum absolute atomic E-state index is 11.3. The molecule has 0 fully saturated rings. The molecule has 2 rings (SSSR count). The van der Waals surface area contributed by atoms with Crippen LogP contribution in [0.3, 0.4) is 0 Å². The normalized spacial score (nSPS) is 14.3. The Morgan fingerprint density at radius 2 is 2.40 bits per heavy atom. The summed E-state index contributed by atoms with van der Waals surface area (Å²) < 4.78 is 0. The number of fused-ring (bicyclic) bond motifs is 1. The first-order chi connectivity index (χ1) is 7.20. The van der Waals surface area contributed by atoms with Crippen LogP contribution in [0.15, 0.2) is 17.0 Å². The van der Waals surface area contributed by atoms with E-state index in [1.807, 2.05) is 0 Å². The highest BCUT2D eigenvalue weighted by molar-refractivity contribution is 8.00. The molecule has 6 heteroatoms. The molecule has 1 aromatic heterocycles. The molecule has 4 nitrogen and oxygen atoms in total. The number of thioether (sulfide) groups is 1. The Morgan fingerprint density at radius 1 is 1.60 bits per heavy atom. The minimum absolute atomic E-state index is 0.101. The molecule has 0 saturated carbocycles. The molecule has 0 spiro atoms.